The second-order valence-corrected chi connectivity index (χ2v) is 5.45. The van der Waals surface area contributed by atoms with Gasteiger partial charge in [-0.3, -0.25) is 9.69 Å². The van der Waals surface area contributed by atoms with Crippen molar-refractivity contribution in [2.45, 2.75) is 58.2 Å². The predicted molar refractivity (Wildman–Crippen MR) is 73.4 cm³/mol. The Bertz CT molecular complexity index is 258. The fraction of sp³-hybridized carbons (Fsp3) is 0.917. The lowest BCUT2D eigenvalue weighted by Gasteiger charge is -2.30. The molecule has 0 aromatic heterocycles. The largest absolute Gasteiger partial charge is 0.350 e. The van der Waals surface area contributed by atoms with Gasteiger partial charge in [0.05, 0.1) is 6.04 Å². The molecule has 1 aliphatic heterocycles. The highest BCUT2D eigenvalue weighted by Crippen LogP contribution is 2.13. The fourth-order valence-electron chi connectivity index (χ4n) is 1.86. The Morgan fingerprint density at radius 1 is 1.59 bits per heavy atom. The first-order chi connectivity index (χ1) is 7.35. The minimum Gasteiger partial charge on any atom is -0.350 e. The lowest BCUT2D eigenvalue weighted by Crippen LogP contribution is -2.51. The molecule has 1 heterocycles. The van der Waals surface area contributed by atoms with E-state index in [0.29, 0.717) is 0 Å². The summed E-state index contributed by atoms with van der Waals surface area (Å²) in [6.45, 7) is 9.90. The third kappa shape index (κ3) is 4.82. The normalized spacial score (nSPS) is 23.0. The Morgan fingerprint density at radius 2 is 2.18 bits per heavy atom. The Balaban J connectivity index is 0.00000256. The van der Waals surface area contributed by atoms with Crippen LogP contribution >= 0.6 is 12.4 Å². The molecule has 1 rings (SSSR count). The summed E-state index contributed by atoms with van der Waals surface area (Å²) < 4.78 is 0. The van der Waals surface area contributed by atoms with Crippen molar-refractivity contribution in [3.05, 3.63) is 0 Å². The van der Waals surface area contributed by atoms with Crippen LogP contribution in [0.1, 0.15) is 40.5 Å². The van der Waals surface area contributed by atoms with E-state index in [-0.39, 0.29) is 35.9 Å². The summed E-state index contributed by atoms with van der Waals surface area (Å²) in [6, 6.07) is 0.161. The van der Waals surface area contributed by atoms with E-state index in [0.717, 1.165) is 25.9 Å². The third-order valence-corrected chi connectivity index (χ3v) is 3.53. The summed E-state index contributed by atoms with van der Waals surface area (Å²) in [5, 5.41) is 3.08. The lowest BCUT2D eigenvalue weighted by molar-refractivity contribution is -0.127. The molecule has 3 N–H and O–H groups in total. The second kappa shape index (κ2) is 6.57. The van der Waals surface area contributed by atoms with Crippen LogP contribution in [0.3, 0.4) is 0 Å². The highest BCUT2D eigenvalue weighted by molar-refractivity contribution is 5.85. The van der Waals surface area contributed by atoms with Gasteiger partial charge < -0.3 is 11.1 Å². The monoisotopic (exact) mass is 263 g/mol. The van der Waals surface area contributed by atoms with Gasteiger partial charge in [-0.1, -0.05) is 6.92 Å². The predicted octanol–water partition coefficient (Wildman–Crippen LogP) is 1.13. The molecular weight excluding hydrogens is 238 g/mol. The molecule has 1 unspecified atom stereocenters. The maximum absolute atomic E-state index is 12.0. The van der Waals surface area contributed by atoms with Gasteiger partial charge in [0.15, 0.2) is 0 Å². The number of halogens is 1. The van der Waals surface area contributed by atoms with E-state index < -0.39 is 0 Å². The number of likely N-dealkylation sites (tertiary alicyclic amines) is 1. The van der Waals surface area contributed by atoms with Crippen LogP contribution in [-0.4, -0.2) is 41.5 Å². The van der Waals surface area contributed by atoms with Gasteiger partial charge in [0.25, 0.3) is 0 Å². The molecule has 0 aromatic rings. The summed E-state index contributed by atoms with van der Waals surface area (Å²) in [5.41, 5.74) is 5.73. The van der Waals surface area contributed by atoms with Crippen molar-refractivity contribution in [2.24, 2.45) is 5.73 Å². The van der Waals surface area contributed by atoms with Gasteiger partial charge in [0.1, 0.15) is 0 Å². The molecule has 17 heavy (non-hydrogen) atoms. The number of hydrogen-bond acceptors (Lipinski definition) is 3. The molecule has 0 bridgehead atoms. The number of amides is 1. The minimum atomic E-state index is -0.118. The molecular formula is C12H26ClN3O. The zero-order valence-corrected chi connectivity index (χ0v) is 12.1. The number of rotatable bonds is 4. The van der Waals surface area contributed by atoms with E-state index in [1.54, 1.807) is 0 Å². The minimum absolute atomic E-state index is 0. The molecule has 1 fully saturated rings. The summed E-state index contributed by atoms with van der Waals surface area (Å²) in [7, 11) is 0. The molecule has 0 aromatic carbocycles. The van der Waals surface area contributed by atoms with E-state index in [2.05, 4.69) is 17.1 Å². The van der Waals surface area contributed by atoms with Crippen LogP contribution < -0.4 is 11.1 Å². The number of nitrogens with zero attached hydrogens (tertiary/aromatic N) is 1. The van der Waals surface area contributed by atoms with Crippen LogP contribution in [0, 0.1) is 0 Å². The number of nitrogens with one attached hydrogen (secondary N) is 1. The smallest absolute Gasteiger partial charge is 0.237 e. The molecule has 2 atom stereocenters. The summed E-state index contributed by atoms with van der Waals surface area (Å²) in [6.07, 6.45) is 1.93. The molecule has 1 amide bonds. The highest BCUT2D eigenvalue weighted by atomic mass is 35.5. The molecule has 0 aliphatic carbocycles. The van der Waals surface area contributed by atoms with Crippen LogP contribution in [0.4, 0.5) is 0 Å². The average molecular weight is 264 g/mol. The van der Waals surface area contributed by atoms with E-state index in [4.69, 9.17) is 5.73 Å². The Hall–Kier alpha value is -0.320. The van der Waals surface area contributed by atoms with E-state index >= 15 is 0 Å². The first kappa shape index (κ1) is 16.7. The van der Waals surface area contributed by atoms with Crippen molar-refractivity contribution in [3.63, 3.8) is 0 Å². The molecule has 0 spiro atoms. The molecule has 1 aliphatic rings. The fourth-order valence-corrected chi connectivity index (χ4v) is 1.86. The SMILES string of the molecule is CCC(C)(C)NC(=O)C(C)N1CC[C@@H](N)C1.Cl. The molecule has 0 saturated carbocycles. The summed E-state index contributed by atoms with van der Waals surface area (Å²) in [5.74, 6) is 0.112. The van der Waals surface area contributed by atoms with Crippen LogP contribution in [0.2, 0.25) is 0 Å². The zero-order valence-electron chi connectivity index (χ0n) is 11.3. The van der Waals surface area contributed by atoms with Gasteiger partial charge in [-0.25, -0.2) is 0 Å². The van der Waals surface area contributed by atoms with Gasteiger partial charge in [0.2, 0.25) is 5.91 Å². The average Bonchev–Trinajstić information content (AvgIpc) is 2.63. The van der Waals surface area contributed by atoms with Crippen LogP contribution in [0.15, 0.2) is 0 Å². The molecule has 1 saturated heterocycles. The summed E-state index contributed by atoms with van der Waals surface area (Å²) >= 11 is 0. The molecule has 4 nitrogen and oxygen atoms in total. The van der Waals surface area contributed by atoms with Gasteiger partial charge in [0, 0.05) is 24.7 Å². The van der Waals surface area contributed by atoms with Gasteiger partial charge in [-0.2, -0.15) is 0 Å². The zero-order chi connectivity index (χ0) is 12.3. The topological polar surface area (TPSA) is 58.4 Å². The first-order valence-corrected chi connectivity index (χ1v) is 6.17. The highest BCUT2D eigenvalue weighted by Gasteiger charge is 2.29. The second-order valence-electron chi connectivity index (χ2n) is 5.45. The van der Waals surface area contributed by atoms with Crippen molar-refractivity contribution in [2.75, 3.05) is 13.1 Å². The number of carbonyl (C=O) groups is 1. The third-order valence-electron chi connectivity index (χ3n) is 3.53. The lowest BCUT2D eigenvalue weighted by atomic mass is 10.0. The standard InChI is InChI=1S/C12H25N3O.ClH/c1-5-12(3,4)14-11(16)9(2)15-7-6-10(13)8-15;/h9-10H,5-8,13H2,1-4H3,(H,14,16);1H/t9?,10-;/m1./s1. The molecule has 5 heteroatoms. The summed E-state index contributed by atoms with van der Waals surface area (Å²) in [4.78, 5) is 14.2. The Morgan fingerprint density at radius 3 is 2.59 bits per heavy atom. The van der Waals surface area contributed by atoms with E-state index in [9.17, 15) is 4.79 Å². The van der Waals surface area contributed by atoms with Crippen molar-refractivity contribution in [3.8, 4) is 0 Å². The van der Waals surface area contributed by atoms with Gasteiger partial charge in [-0.15, -0.1) is 12.4 Å². The van der Waals surface area contributed by atoms with E-state index in [1.807, 2.05) is 20.8 Å². The van der Waals surface area contributed by atoms with Crippen molar-refractivity contribution < 1.29 is 4.79 Å². The van der Waals surface area contributed by atoms with Gasteiger partial charge >= 0.3 is 0 Å². The van der Waals surface area contributed by atoms with Crippen LogP contribution in [0.5, 0.6) is 0 Å². The quantitative estimate of drug-likeness (QED) is 0.800. The van der Waals surface area contributed by atoms with Crippen LogP contribution in [0.25, 0.3) is 0 Å². The molecule has 102 valence electrons. The van der Waals surface area contributed by atoms with E-state index in [1.165, 1.54) is 0 Å². The number of nitrogens with two attached hydrogens (primary N) is 1. The maximum Gasteiger partial charge on any atom is 0.237 e. The van der Waals surface area contributed by atoms with Crippen molar-refractivity contribution >= 4 is 18.3 Å². The van der Waals surface area contributed by atoms with Crippen molar-refractivity contribution in [1.82, 2.24) is 10.2 Å². The Labute approximate surface area is 111 Å². The number of hydrogen-bond donors (Lipinski definition) is 2. The number of carbonyl (C=O) groups excluding carboxylic acids is 1. The van der Waals surface area contributed by atoms with Crippen molar-refractivity contribution in [1.29, 1.82) is 0 Å². The molecule has 0 radical (unpaired) electrons. The van der Waals surface area contributed by atoms with Gasteiger partial charge in [-0.05, 0) is 33.6 Å². The van der Waals surface area contributed by atoms with Crippen LogP contribution in [-0.2, 0) is 4.79 Å². The first-order valence-electron chi connectivity index (χ1n) is 6.17. The Kier molecular flexibility index (Phi) is 6.45. The maximum atomic E-state index is 12.0.